The van der Waals surface area contributed by atoms with Gasteiger partial charge in [-0.2, -0.15) is 0 Å². The van der Waals surface area contributed by atoms with E-state index in [0.29, 0.717) is 5.76 Å². The van der Waals surface area contributed by atoms with E-state index in [0.717, 1.165) is 0 Å². The Hall–Kier alpha value is -1.95. The Bertz CT molecular complexity index is 1590. The Morgan fingerprint density at radius 2 is 1.69 bits per heavy atom. The summed E-state index contributed by atoms with van der Waals surface area (Å²) in [5.74, 6) is -4.66. The monoisotopic (exact) mass is 881 g/mol. The quantitative estimate of drug-likeness (QED) is 0.209. The van der Waals surface area contributed by atoms with Crippen LogP contribution in [0.1, 0.15) is 69.5 Å². The fraction of sp³-hybridized carbons (Fsp3) is 0.571. The Balaban J connectivity index is 0.00000451. The molecule has 48 heavy (non-hydrogen) atoms. The summed E-state index contributed by atoms with van der Waals surface area (Å²) in [5, 5.41) is 59.5. The van der Waals surface area contributed by atoms with E-state index < -0.39 is 94.6 Å². The Morgan fingerprint density at radius 3 is 2.27 bits per heavy atom. The number of carbonyl (C=O) groups excluding carboxylic acids is 3. The molecular weight excluding hydrogens is 839 g/mol. The molecule has 1 aromatic heterocycles. The second-order valence-electron chi connectivity index (χ2n) is 14.3. The molecular formula is C35H42AcO12. The average molecular weight is 882 g/mol. The molecule has 1 saturated heterocycles. The molecule has 0 spiro atoms. The first-order chi connectivity index (χ1) is 22.0. The van der Waals surface area contributed by atoms with E-state index in [2.05, 4.69) is 0 Å². The smallest absolute Gasteiger partial charge is 0.338 e. The van der Waals surface area contributed by atoms with Crippen molar-refractivity contribution in [1.82, 2.24) is 0 Å². The van der Waals surface area contributed by atoms with Gasteiger partial charge in [0.1, 0.15) is 35.3 Å². The van der Waals surface area contributed by atoms with Crippen LogP contribution in [0.3, 0.4) is 0 Å². The van der Waals surface area contributed by atoms with E-state index >= 15 is 0 Å². The number of hydrogen-bond donors (Lipinski definition) is 5. The van der Waals surface area contributed by atoms with Crippen molar-refractivity contribution in [2.75, 3.05) is 6.61 Å². The van der Waals surface area contributed by atoms with Crippen LogP contribution in [0.4, 0.5) is 0 Å². The van der Waals surface area contributed by atoms with Crippen LogP contribution in [0.5, 0.6) is 0 Å². The summed E-state index contributed by atoms with van der Waals surface area (Å²) in [4.78, 5) is 41.6. The van der Waals surface area contributed by atoms with E-state index in [-0.39, 0.29) is 73.8 Å². The molecule has 257 valence electrons. The zero-order chi connectivity index (χ0) is 34.3. The van der Waals surface area contributed by atoms with E-state index in [1.54, 1.807) is 58.0 Å². The third-order valence-corrected chi connectivity index (χ3v) is 11.6. The number of carbonyl (C=O) groups is 3. The molecule has 0 amide bonds. The Labute approximate surface area is 314 Å². The Morgan fingerprint density at radius 1 is 1.02 bits per heavy atom. The number of fused-ring (bicyclic) bond motifs is 5. The molecule has 5 N–H and O–H groups in total. The van der Waals surface area contributed by atoms with Gasteiger partial charge in [0.25, 0.3) is 0 Å². The zero-order valence-corrected chi connectivity index (χ0v) is 32.3. The van der Waals surface area contributed by atoms with Crippen LogP contribution >= 0.6 is 0 Å². The number of aliphatic hydroxyl groups excluding tert-OH is 3. The molecule has 2 bridgehead atoms. The molecule has 2 saturated carbocycles. The number of esters is 2. The van der Waals surface area contributed by atoms with Crippen molar-refractivity contribution in [3.63, 3.8) is 0 Å². The van der Waals surface area contributed by atoms with E-state index in [1.807, 2.05) is 0 Å². The van der Waals surface area contributed by atoms with Crippen LogP contribution in [0.2, 0.25) is 0 Å². The summed E-state index contributed by atoms with van der Waals surface area (Å²) in [6, 6.07) is 11.2. The SMILES string of the molecule is CC1=C2C(O)C(=O)[C@]3(C)C(O)CC4OC[C@@]4(O)C3C(OC(=O)c3ccccc3)C(O)(CC1OC(=O)C(O)C(C)c1ccco1)C2(C)C.[Ac]. The number of benzene rings is 1. The maximum absolute atomic E-state index is 14.5. The van der Waals surface area contributed by atoms with Gasteiger partial charge >= 0.3 is 11.9 Å². The molecule has 9 unspecified atom stereocenters. The number of furan rings is 1. The van der Waals surface area contributed by atoms with Crippen molar-refractivity contribution in [2.45, 2.75) is 101 Å². The third kappa shape index (κ3) is 5.39. The van der Waals surface area contributed by atoms with Crippen molar-refractivity contribution < 1.29 is 103 Å². The summed E-state index contributed by atoms with van der Waals surface area (Å²) in [5.41, 5.74) is -7.07. The average Bonchev–Trinajstić information content (AvgIpc) is 3.58. The number of ether oxygens (including phenoxy) is 3. The van der Waals surface area contributed by atoms with Crippen LogP contribution in [0, 0.1) is 60.8 Å². The van der Waals surface area contributed by atoms with Gasteiger partial charge in [0.05, 0.1) is 42.0 Å². The van der Waals surface area contributed by atoms with E-state index in [9.17, 15) is 39.9 Å². The van der Waals surface area contributed by atoms with Crippen LogP contribution in [-0.4, -0.2) is 97.7 Å². The summed E-state index contributed by atoms with van der Waals surface area (Å²) in [6.45, 7) is 7.42. The van der Waals surface area contributed by atoms with Gasteiger partial charge in [0, 0.05) is 68.2 Å². The first-order valence-corrected chi connectivity index (χ1v) is 15.9. The van der Waals surface area contributed by atoms with Crippen molar-refractivity contribution in [2.24, 2.45) is 16.7 Å². The van der Waals surface area contributed by atoms with Crippen molar-refractivity contribution in [3.05, 3.63) is 71.2 Å². The maximum atomic E-state index is 14.5. The maximum Gasteiger partial charge on any atom is 0.338 e. The number of rotatable bonds is 6. The van der Waals surface area contributed by atoms with Gasteiger partial charge < -0.3 is 44.2 Å². The summed E-state index contributed by atoms with van der Waals surface area (Å²) in [7, 11) is 0. The molecule has 12 nitrogen and oxygen atoms in total. The fourth-order valence-corrected chi connectivity index (χ4v) is 8.50. The number of Topliss-reactive ketones (excluding diaryl/α,β-unsaturated/α-hetero) is 1. The van der Waals surface area contributed by atoms with Gasteiger partial charge in [-0.05, 0) is 49.3 Å². The molecule has 1 aliphatic heterocycles. The second kappa shape index (κ2) is 13.0. The van der Waals surface area contributed by atoms with Gasteiger partial charge in [-0.15, -0.1) is 0 Å². The van der Waals surface area contributed by atoms with Gasteiger partial charge in [-0.25, -0.2) is 9.59 Å². The molecule has 1 radical (unpaired) electrons. The molecule has 2 heterocycles. The topological polar surface area (TPSA) is 193 Å². The standard InChI is InChI=1S/C35H42O12.Ac/c1-17-21(46-31(41)25(37)18(2)20-12-9-13-44-20)15-35(43)29(47-30(40)19-10-7-6-8-11-19)27-33(5,22(36)14-23-34(27,42)16-45-23)28(39)26(38)24(17)32(35,3)4;/h6-13,18,21-23,25-27,29,36-38,42-43H,14-16H2,1-5H3;/t18?,21?,22?,23?,25?,26?,27?,29?,33-,34+,35?;/m1./s1. The van der Waals surface area contributed by atoms with Crippen LogP contribution in [0.15, 0.2) is 64.3 Å². The van der Waals surface area contributed by atoms with Gasteiger partial charge in [0.15, 0.2) is 11.9 Å². The van der Waals surface area contributed by atoms with Crippen LogP contribution in [0.25, 0.3) is 0 Å². The zero-order valence-electron chi connectivity index (χ0n) is 27.5. The van der Waals surface area contributed by atoms with Gasteiger partial charge in [0.2, 0.25) is 0 Å². The fourth-order valence-electron chi connectivity index (χ4n) is 8.50. The summed E-state index contributed by atoms with van der Waals surface area (Å²) in [6.07, 6.45) is -8.08. The first kappa shape index (κ1) is 37.3. The summed E-state index contributed by atoms with van der Waals surface area (Å²) < 4.78 is 22.9. The van der Waals surface area contributed by atoms with Crippen molar-refractivity contribution >= 4 is 17.7 Å². The van der Waals surface area contributed by atoms with E-state index in [4.69, 9.17) is 18.6 Å². The molecule has 1 aromatic carbocycles. The largest absolute Gasteiger partial charge is 0.469 e. The minimum atomic E-state index is -2.21. The first-order valence-electron chi connectivity index (χ1n) is 15.9. The predicted molar refractivity (Wildman–Crippen MR) is 163 cm³/mol. The minimum Gasteiger partial charge on any atom is -0.469 e. The Kier molecular flexibility index (Phi) is 10.1. The molecule has 13 heteroatoms. The predicted octanol–water partition coefficient (Wildman–Crippen LogP) is 1.82. The number of aliphatic hydroxyl groups is 5. The minimum absolute atomic E-state index is 0. The molecule has 3 aliphatic carbocycles. The summed E-state index contributed by atoms with van der Waals surface area (Å²) >= 11 is 0. The molecule has 2 aromatic rings. The van der Waals surface area contributed by atoms with Gasteiger partial charge in [-0.1, -0.05) is 39.0 Å². The third-order valence-electron chi connectivity index (χ3n) is 11.6. The molecule has 6 rings (SSSR count). The van der Waals surface area contributed by atoms with Gasteiger partial charge in [-0.3, -0.25) is 4.79 Å². The number of ketones is 1. The molecule has 4 aliphatic rings. The molecule has 11 atom stereocenters. The van der Waals surface area contributed by atoms with Crippen LogP contribution < -0.4 is 0 Å². The second-order valence-corrected chi connectivity index (χ2v) is 14.3. The van der Waals surface area contributed by atoms with Crippen molar-refractivity contribution in [3.8, 4) is 0 Å². The van der Waals surface area contributed by atoms with Crippen LogP contribution in [-0.2, 0) is 23.8 Å². The normalized spacial score (nSPS) is 38.1. The molecule has 3 fully saturated rings. The van der Waals surface area contributed by atoms with Crippen molar-refractivity contribution in [1.29, 1.82) is 0 Å². The van der Waals surface area contributed by atoms with E-state index in [1.165, 1.54) is 25.3 Å². The number of hydrogen-bond acceptors (Lipinski definition) is 12.